The van der Waals surface area contributed by atoms with Crippen molar-refractivity contribution in [1.29, 1.82) is 0 Å². The molecule has 0 aliphatic heterocycles. The average Bonchev–Trinajstić information content (AvgIpc) is 3.09. The molecular formula is C17H15FN4OS. The van der Waals surface area contributed by atoms with Crippen molar-refractivity contribution in [2.24, 2.45) is 5.92 Å². The second-order valence-corrected chi connectivity index (χ2v) is 6.73. The van der Waals surface area contributed by atoms with E-state index in [0.29, 0.717) is 24.0 Å². The molecule has 2 aromatic heterocycles. The van der Waals surface area contributed by atoms with E-state index in [2.05, 4.69) is 15.4 Å². The van der Waals surface area contributed by atoms with Crippen molar-refractivity contribution >= 4 is 17.2 Å². The molecule has 0 saturated heterocycles. The summed E-state index contributed by atoms with van der Waals surface area (Å²) in [6.45, 7) is 0.665. The maximum Gasteiger partial charge on any atom is 0.291 e. The summed E-state index contributed by atoms with van der Waals surface area (Å²) >= 11 is 1.51. The number of hydrogen-bond donors (Lipinski definition) is 1. The topological polar surface area (TPSA) is 59.8 Å². The number of thiophene rings is 1. The Bertz CT molecular complexity index is 853. The van der Waals surface area contributed by atoms with Crippen LogP contribution in [-0.2, 0) is 0 Å². The molecule has 122 valence electrons. The smallest absolute Gasteiger partial charge is 0.291 e. The lowest BCUT2D eigenvalue weighted by Crippen LogP contribution is -2.26. The number of halogens is 1. The van der Waals surface area contributed by atoms with Gasteiger partial charge in [0.25, 0.3) is 5.91 Å². The quantitative estimate of drug-likeness (QED) is 0.774. The molecule has 0 spiro atoms. The van der Waals surface area contributed by atoms with Crippen LogP contribution in [0.25, 0.3) is 16.4 Å². The lowest BCUT2D eigenvalue weighted by molar-refractivity contribution is 0.0941. The van der Waals surface area contributed by atoms with E-state index < -0.39 is 0 Å². The zero-order valence-electron chi connectivity index (χ0n) is 12.8. The second kappa shape index (κ2) is 6.16. The first-order valence-electron chi connectivity index (χ1n) is 7.76. The Morgan fingerprint density at radius 3 is 2.75 bits per heavy atom. The number of amides is 1. The minimum Gasteiger partial charge on any atom is -0.349 e. The lowest BCUT2D eigenvalue weighted by atomic mass is 10.3. The van der Waals surface area contributed by atoms with Crippen LogP contribution in [-0.4, -0.2) is 27.2 Å². The van der Waals surface area contributed by atoms with E-state index in [-0.39, 0.29) is 17.5 Å². The van der Waals surface area contributed by atoms with E-state index in [1.54, 1.807) is 16.8 Å². The van der Waals surface area contributed by atoms with Crippen molar-refractivity contribution in [2.75, 3.05) is 6.54 Å². The summed E-state index contributed by atoms with van der Waals surface area (Å²) in [5.41, 5.74) is 0.661. The SMILES string of the molecule is O=C(NCC1CC1)c1nc(-c2cccs2)n(-c2ccc(F)cc2)n1. The number of aromatic nitrogens is 3. The third-order valence-corrected chi connectivity index (χ3v) is 4.74. The number of benzene rings is 1. The number of carbonyl (C=O) groups excluding carboxylic acids is 1. The monoisotopic (exact) mass is 342 g/mol. The first-order valence-corrected chi connectivity index (χ1v) is 8.64. The average molecular weight is 342 g/mol. The van der Waals surface area contributed by atoms with Gasteiger partial charge in [0.2, 0.25) is 5.82 Å². The summed E-state index contributed by atoms with van der Waals surface area (Å²) in [5, 5.41) is 9.15. The highest BCUT2D eigenvalue weighted by atomic mass is 32.1. The molecule has 4 rings (SSSR count). The minimum atomic E-state index is -0.320. The molecule has 5 nitrogen and oxygen atoms in total. The van der Waals surface area contributed by atoms with E-state index in [0.717, 1.165) is 17.7 Å². The fourth-order valence-electron chi connectivity index (χ4n) is 2.37. The van der Waals surface area contributed by atoms with Crippen molar-refractivity contribution in [3.05, 3.63) is 53.4 Å². The van der Waals surface area contributed by atoms with Crippen LogP contribution in [0.4, 0.5) is 4.39 Å². The van der Waals surface area contributed by atoms with Gasteiger partial charge in [-0.25, -0.2) is 14.1 Å². The molecule has 1 fully saturated rings. The van der Waals surface area contributed by atoms with Crippen molar-refractivity contribution in [1.82, 2.24) is 20.1 Å². The molecule has 1 N–H and O–H groups in total. The summed E-state index contributed by atoms with van der Waals surface area (Å²) < 4.78 is 14.8. The summed E-state index contributed by atoms with van der Waals surface area (Å²) in [6.07, 6.45) is 2.33. The number of nitrogens with one attached hydrogen (secondary N) is 1. The summed E-state index contributed by atoms with van der Waals surface area (Å²) in [6, 6.07) is 9.79. The molecule has 1 amide bonds. The van der Waals surface area contributed by atoms with Gasteiger partial charge < -0.3 is 5.32 Å². The molecule has 7 heteroatoms. The van der Waals surface area contributed by atoms with Gasteiger partial charge >= 0.3 is 0 Å². The normalized spacial score (nSPS) is 13.9. The van der Waals surface area contributed by atoms with Gasteiger partial charge in [-0.1, -0.05) is 6.07 Å². The molecule has 0 atom stereocenters. The minimum absolute atomic E-state index is 0.128. The standard InChI is InChI=1S/C17H15FN4OS/c18-12-5-7-13(8-6-12)22-16(14-2-1-9-24-14)20-15(21-22)17(23)19-10-11-3-4-11/h1-2,5-9,11H,3-4,10H2,(H,19,23). The Morgan fingerprint density at radius 2 is 2.08 bits per heavy atom. The lowest BCUT2D eigenvalue weighted by Gasteiger charge is -2.04. The number of carbonyl (C=O) groups is 1. The van der Waals surface area contributed by atoms with Crippen molar-refractivity contribution in [2.45, 2.75) is 12.8 Å². The van der Waals surface area contributed by atoms with Crippen LogP contribution in [0.5, 0.6) is 0 Å². The van der Waals surface area contributed by atoms with Crippen LogP contribution in [0.3, 0.4) is 0 Å². The molecule has 1 aliphatic rings. The zero-order chi connectivity index (χ0) is 16.5. The maximum atomic E-state index is 13.2. The summed E-state index contributed by atoms with van der Waals surface area (Å²) in [7, 11) is 0. The Morgan fingerprint density at radius 1 is 1.29 bits per heavy atom. The fourth-order valence-corrected chi connectivity index (χ4v) is 3.07. The second-order valence-electron chi connectivity index (χ2n) is 5.78. The maximum absolute atomic E-state index is 13.2. The van der Waals surface area contributed by atoms with Gasteiger partial charge in [-0.15, -0.1) is 16.4 Å². The number of hydrogen-bond acceptors (Lipinski definition) is 4. The van der Waals surface area contributed by atoms with E-state index >= 15 is 0 Å². The highest BCUT2D eigenvalue weighted by Crippen LogP contribution is 2.28. The Labute approximate surface area is 142 Å². The van der Waals surface area contributed by atoms with Gasteiger partial charge in [-0.05, 0) is 54.5 Å². The molecule has 24 heavy (non-hydrogen) atoms. The number of rotatable bonds is 5. The summed E-state index contributed by atoms with van der Waals surface area (Å²) in [5.74, 6) is 0.695. The molecule has 0 unspecified atom stereocenters. The van der Waals surface area contributed by atoms with Crippen molar-refractivity contribution in [3.63, 3.8) is 0 Å². The van der Waals surface area contributed by atoms with E-state index in [4.69, 9.17) is 0 Å². The molecule has 2 heterocycles. The molecule has 0 radical (unpaired) electrons. The van der Waals surface area contributed by atoms with Crippen LogP contribution < -0.4 is 5.32 Å². The van der Waals surface area contributed by atoms with Gasteiger partial charge in [0.05, 0.1) is 10.6 Å². The third-order valence-electron chi connectivity index (χ3n) is 3.87. The first kappa shape index (κ1) is 15.0. The van der Waals surface area contributed by atoms with E-state index in [1.807, 2.05) is 17.5 Å². The van der Waals surface area contributed by atoms with Crippen LogP contribution in [0.2, 0.25) is 0 Å². The highest BCUT2D eigenvalue weighted by molar-refractivity contribution is 7.13. The van der Waals surface area contributed by atoms with Crippen LogP contribution in [0.15, 0.2) is 41.8 Å². The van der Waals surface area contributed by atoms with Gasteiger partial charge in [0, 0.05) is 6.54 Å². The molecule has 1 aromatic carbocycles. The highest BCUT2D eigenvalue weighted by Gasteiger charge is 2.24. The molecule has 3 aromatic rings. The van der Waals surface area contributed by atoms with Gasteiger partial charge in [-0.3, -0.25) is 4.79 Å². The zero-order valence-corrected chi connectivity index (χ0v) is 13.6. The predicted molar refractivity (Wildman–Crippen MR) is 89.7 cm³/mol. The van der Waals surface area contributed by atoms with Crippen molar-refractivity contribution in [3.8, 4) is 16.4 Å². The Hall–Kier alpha value is -2.54. The van der Waals surface area contributed by atoms with Crippen LogP contribution in [0.1, 0.15) is 23.5 Å². The van der Waals surface area contributed by atoms with Crippen LogP contribution >= 0.6 is 11.3 Å². The summed E-state index contributed by atoms with van der Waals surface area (Å²) in [4.78, 5) is 17.6. The number of nitrogens with zero attached hydrogens (tertiary/aromatic N) is 3. The van der Waals surface area contributed by atoms with Gasteiger partial charge in [0.15, 0.2) is 5.82 Å². The molecule has 0 bridgehead atoms. The van der Waals surface area contributed by atoms with E-state index in [9.17, 15) is 9.18 Å². The largest absolute Gasteiger partial charge is 0.349 e. The Balaban J connectivity index is 1.70. The van der Waals surface area contributed by atoms with E-state index in [1.165, 1.54) is 23.5 Å². The first-order chi connectivity index (χ1) is 11.7. The molecule has 1 aliphatic carbocycles. The van der Waals surface area contributed by atoms with Gasteiger partial charge in [-0.2, -0.15) is 0 Å². The van der Waals surface area contributed by atoms with Gasteiger partial charge in [0.1, 0.15) is 5.82 Å². The van der Waals surface area contributed by atoms with Crippen molar-refractivity contribution < 1.29 is 9.18 Å². The third kappa shape index (κ3) is 3.07. The Kier molecular flexibility index (Phi) is 3.86. The predicted octanol–water partition coefficient (Wildman–Crippen LogP) is 3.27. The molecular weight excluding hydrogens is 327 g/mol. The molecule has 1 saturated carbocycles. The fraction of sp³-hybridized carbons (Fsp3) is 0.235. The van der Waals surface area contributed by atoms with Crippen LogP contribution in [0, 0.1) is 11.7 Å².